The number of anilines is 1. The van der Waals surface area contributed by atoms with Crippen LogP contribution in [0.2, 0.25) is 0 Å². The van der Waals surface area contributed by atoms with Gasteiger partial charge in [-0.2, -0.15) is 5.26 Å². The highest BCUT2D eigenvalue weighted by atomic mass is 16.5. The molecule has 5 nitrogen and oxygen atoms in total. The van der Waals surface area contributed by atoms with Crippen LogP contribution in [0.15, 0.2) is 18.3 Å². The Morgan fingerprint density at radius 2 is 2.24 bits per heavy atom. The number of piperidine rings is 1. The van der Waals surface area contributed by atoms with Crippen LogP contribution in [0.1, 0.15) is 24.8 Å². The van der Waals surface area contributed by atoms with E-state index in [1.807, 2.05) is 12.1 Å². The number of hydrogen-bond donors (Lipinski definition) is 0. The summed E-state index contributed by atoms with van der Waals surface area (Å²) in [5, 5.41) is 9.15. The lowest BCUT2D eigenvalue weighted by Gasteiger charge is -2.33. The van der Waals surface area contributed by atoms with Gasteiger partial charge < -0.3 is 14.4 Å². The Morgan fingerprint density at radius 3 is 2.95 bits per heavy atom. The lowest BCUT2D eigenvalue weighted by Crippen LogP contribution is -2.38. The van der Waals surface area contributed by atoms with E-state index >= 15 is 0 Å². The summed E-state index contributed by atoms with van der Waals surface area (Å²) in [4.78, 5) is 6.54. The number of nitriles is 1. The molecular formula is C16H21N3O2. The molecule has 1 aromatic rings. The van der Waals surface area contributed by atoms with Gasteiger partial charge in [0.05, 0.1) is 24.9 Å². The number of pyridine rings is 1. The zero-order chi connectivity index (χ0) is 14.5. The SMILES string of the molecule is N#Cc1cccnc1N1CCC(OCC2CCOC2)CC1. The molecule has 2 fully saturated rings. The molecule has 0 amide bonds. The van der Waals surface area contributed by atoms with Gasteiger partial charge >= 0.3 is 0 Å². The van der Waals surface area contributed by atoms with E-state index in [2.05, 4.69) is 16.0 Å². The largest absolute Gasteiger partial charge is 0.381 e. The van der Waals surface area contributed by atoms with E-state index in [1.54, 1.807) is 6.20 Å². The molecular weight excluding hydrogens is 266 g/mol. The van der Waals surface area contributed by atoms with E-state index in [-0.39, 0.29) is 0 Å². The van der Waals surface area contributed by atoms with Gasteiger partial charge in [-0.1, -0.05) is 0 Å². The fourth-order valence-electron chi connectivity index (χ4n) is 2.96. The number of hydrogen-bond acceptors (Lipinski definition) is 5. The molecule has 0 saturated carbocycles. The molecule has 1 atom stereocenters. The standard InChI is InChI=1S/C16H21N3O2/c17-10-14-2-1-6-18-16(14)19-7-3-15(4-8-19)21-12-13-5-9-20-11-13/h1-2,6,13,15H,3-5,7-9,11-12H2. The Kier molecular flexibility index (Phi) is 4.69. The first-order valence-corrected chi connectivity index (χ1v) is 7.66. The number of nitrogens with zero attached hydrogens (tertiary/aromatic N) is 3. The second-order valence-electron chi connectivity index (χ2n) is 5.74. The lowest BCUT2D eigenvalue weighted by molar-refractivity contribution is 0.0131. The fraction of sp³-hybridized carbons (Fsp3) is 0.625. The van der Waals surface area contributed by atoms with Crippen LogP contribution >= 0.6 is 0 Å². The Balaban J connectivity index is 1.49. The van der Waals surface area contributed by atoms with Crippen molar-refractivity contribution >= 4 is 5.82 Å². The maximum atomic E-state index is 9.15. The van der Waals surface area contributed by atoms with Crippen LogP contribution in [-0.2, 0) is 9.47 Å². The van der Waals surface area contributed by atoms with Crippen molar-refractivity contribution in [3.8, 4) is 6.07 Å². The van der Waals surface area contributed by atoms with Gasteiger partial charge in [0.2, 0.25) is 0 Å². The molecule has 21 heavy (non-hydrogen) atoms. The summed E-state index contributed by atoms with van der Waals surface area (Å²) >= 11 is 0. The molecule has 0 aromatic carbocycles. The molecule has 2 aliphatic heterocycles. The van der Waals surface area contributed by atoms with Gasteiger partial charge in [0.25, 0.3) is 0 Å². The van der Waals surface area contributed by atoms with Crippen LogP contribution in [0.3, 0.4) is 0 Å². The third kappa shape index (κ3) is 3.52. The monoisotopic (exact) mass is 287 g/mol. The summed E-state index contributed by atoms with van der Waals surface area (Å²) in [5.41, 5.74) is 0.653. The Hall–Kier alpha value is -1.64. The maximum Gasteiger partial charge on any atom is 0.146 e. The molecule has 1 unspecified atom stereocenters. The number of ether oxygens (including phenoxy) is 2. The minimum absolute atomic E-state index is 0.330. The van der Waals surface area contributed by atoms with E-state index in [9.17, 15) is 0 Å². The van der Waals surface area contributed by atoms with Crippen molar-refractivity contribution in [3.05, 3.63) is 23.9 Å². The van der Waals surface area contributed by atoms with Gasteiger partial charge in [0.1, 0.15) is 11.9 Å². The second kappa shape index (κ2) is 6.88. The summed E-state index contributed by atoms with van der Waals surface area (Å²) < 4.78 is 11.4. The zero-order valence-electron chi connectivity index (χ0n) is 12.2. The van der Waals surface area contributed by atoms with Gasteiger partial charge in [-0.25, -0.2) is 4.98 Å². The predicted molar refractivity (Wildman–Crippen MR) is 79.1 cm³/mol. The van der Waals surface area contributed by atoms with Crippen molar-refractivity contribution < 1.29 is 9.47 Å². The van der Waals surface area contributed by atoms with E-state index in [4.69, 9.17) is 14.7 Å². The molecule has 0 radical (unpaired) electrons. The van der Waals surface area contributed by atoms with E-state index in [1.165, 1.54) is 0 Å². The molecule has 3 rings (SSSR count). The van der Waals surface area contributed by atoms with Gasteiger partial charge in [0, 0.05) is 31.8 Å². The average Bonchev–Trinajstić information content (AvgIpc) is 3.07. The van der Waals surface area contributed by atoms with Crippen LogP contribution in [0.5, 0.6) is 0 Å². The molecule has 2 aliphatic rings. The van der Waals surface area contributed by atoms with Gasteiger partial charge in [-0.3, -0.25) is 0 Å². The van der Waals surface area contributed by atoms with Crippen LogP contribution in [-0.4, -0.2) is 44.0 Å². The van der Waals surface area contributed by atoms with Crippen molar-refractivity contribution in [2.24, 2.45) is 5.92 Å². The zero-order valence-corrected chi connectivity index (χ0v) is 12.2. The maximum absolute atomic E-state index is 9.15. The quantitative estimate of drug-likeness (QED) is 0.847. The van der Waals surface area contributed by atoms with Gasteiger partial charge in [-0.05, 0) is 31.4 Å². The van der Waals surface area contributed by atoms with E-state index in [0.717, 1.165) is 58.0 Å². The molecule has 0 aliphatic carbocycles. The van der Waals surface area contributed by atoms with Crippen LogP contribution < -0.4 is 4.90 Å². The molecule has 2 saturated heterocycles. The highest BCUT2D eigenvalue weighted by Gasteiger charge is 2.24. The average molecular weight is 287 g/mol. The van der Waals surface area contributed by atoms with Crippen molar-refractivity contribution in [2.45, 2.75) is 25.4 Å². The Labute approximate surface area is 125 Å². The van der Waals surface area contributed by atoms with Crippen LogP contribution in [0.25, 0.3) is 0 Å². The first-order valence-electron chi connectivity index (χ1n) is 7.66. The van der Waals surface area contributed by atoms with Crippen molar-refractivity contribution in [1.29, 1.82) is 5.26 Å². The Bertz CT molecular complexity index is 500. The summed E-state index contributed by atoms with van der Waals surface area (Å²) in [6.07, 6.45) is 5.19. The Morgan fingerprint density at radius 1 is 1.38 bits per heavy atom. The van der Waals surface area contributed by atoms with E-state index < -0.39 is 0 Å². The summed E-state index contributed by atoms with van der Waals surface area (Å²) in [6.45, 7) is 4.34. The molecule has 0 spiro atoms. The molecule has 1 aromatic heterocycles. The summed E-state index contributed by atoms with van der Waals surface area (Å²) in [7, 11) is 0. The smallest absolute Gasteiger partial charge is 0.146 e. The number of aromatic nitrogens is 1. The minimum Gasteiger partial charge on any atom is -0.381 e. The van der Waals surface area contributed by atoms with Gasteiger partial charge in [0.15, 0.2) is 0 Å². The normalized spacial score (nSPS) is 23.2. The highest BCUT2D eigenvalue weighted by molar-refractivity contribution is 5.53. The first kappa shape index (κ1) is 14.3. The van der Waals surface area contributed by atoms with Crippen LogP contribution in [0, 0.1) is 17.2 Å². The summed E-state index contributed by atoms with van der Waals surface area (Å²) in [5.74, 6) is 1.38. The topological polar surface area (TPSA) is 58.4 Å². The number of rotatable bonds is 4. The summed E-state index contributed by atoms with van der Waals surface area (Å²) in [6, 6.07) is 5.85. The third-order valence-corrected chi connectivity index (χ3v) is 4.24. The van der Waals surface area contributed by atoms with Gasteiger partial charge in [-0.15, -0.1) is 0 Å². The molecule has 0 bridgehead atoms. The van der Waals surface area contributed by atoms with Crippen molar-refractivity contribution in [2.75, 3.05) is 37.8 Å². The fourth-order valence-corrected chi connectivity index (χ4v) is 2.96. The van der Waals surface area contributed by atoms with E-state index in [0.29, 0.717) is 17.6 Å². The lowest BCUT2D eigenvalue weighted by atomic mass is 10.1. The molecule has 5 heteroatoms. The first-order chi connectivity index (χ1) is 10.4. The highest BCUT2D eigenvalue weighted by Crippen LogP contribution is 2.23. The van der Waals surface area contributed by atoms with Crippen molar-refractivity contribution in [3.63, 3.8) is 0 Å². The third-order valence-electron chi connectivity index (χ3n) is 4.24. The van der Waals surface area contributed by atoms with Crippen molar-refractivity contribution in [1.82, 2.24) is 4.98 Å². The molecule has 112 valence electrons. The molecule has 0 N–H and O–H groups in total. The van der Waals surface area contributed by atoms with Crippen LogP contribution in [0.4, 0.5) is 5.82 Å². The minimum atomic E-state index is 0.330. The predicted octanol–water partition coefficient (Wildman–Crippen LogP) is 1.98. The second-order valence-corrected chi connectivity index (χ2v) is 5.74. The molecule has 3 heterocycles.